The number of primary amides is 1. The SMILES string of the molecule is CCc1ccc(C(C)(C)CNC(=NC)NCCCCN2CCC(C(N)=O)CC2)cc1.I. The molecule has 1 aromatic carbocycles. The fourth-order valence-electron chi connectivity index (χ4n) is 3.93. The molecule has 7 heteroatoms. The van der Waals surface area contributed by atoms with Crippen LogP contribution in [0.5, 0.6) is 0 Å². The lowest BCUT2D eigenvalue weighted by molar-refractivity contribution is -0.123. The lowest BCUT2D eigenvalue weighted by Crippen LogP contribution is -2.43. The van der Waals surface area contributed by atoms with Crippen LogP contribution < -0.4 is 16.4 Å². The number of carbonyl (C=O) groups is 1. The van der Waals surface area contributed by atoms with Crippen LogP contribution in [0.25, 0.3) is 0 Å². The number of amides is 1. The third-order valence-corrected chi connectivity index (χ3v) is 6.25. The summed E-state index contributed by atoms with van der Waals surface area (Å²) in [5, 5.41) is 6.91. The molecule has 0 atom stereocenters. The number of carbonyl (C=O) groups excluding carboxylic acids is 1. The van der Waals surface area contributed by atoms with Crippen molar-refractivity contribution in [1.29, 1.82) is 0 Å². The standard InChI is InChI=1S/C24H41N5O.HI/c1-5-19-8-10-21(11-9-19)24(2,3)18-28-23(26-4)27-14-6-7-15-29-16-12-20(13-17-29)22(25)30;/h8-11,20H,5-7,12-18H2,1-4H3,(H2,25,30)(H2,26,27,28);1H. The average Bonchev–Trinajstić information content (AvgIpc) is 2.76. The van der Waals surface area contributed by atoms with Crippen molar-refractivity contribution in [2.75, 3.05) is 39.8 Å². The number of halogens is 1. The number of guanidine groups is 1. The Kier molecular flexibility index (Phi) is 12.4. The summed E-state index contributed by atoms with van der Waals surface area (Å²) in [6.07, 6.45) is 5.11. The number of rotatable bonds is 10. The topological polar surface area (TPSA) is 82.8 Å². The molecule has 176 valence electrons. The summed E-state index contributed by atoms with van der Waals surface area (Å²) in [7, 11) is 1.82. The molecular weight excluding hydrogens is 501 g/mol. The second-order valence-corrected chi connectivity index (χ2v) is 9.01. The van der Waals surface area contributed by atoms with Crippen molar-refractivity contribution < 1.29 is 4.79 Å². The quantitative estimate of drug-likeness (QED) is 0.183. The molecule has 0 saturated carbocycles. The molecule has 4 N–H and O–H groups in total. The minimum atomic E-state index is -0.140. The number of piperidine rings is 1. The van der Waals surface area contributed by atoms with E-state index >= 15 is 0 Å². The van der Waals surface area contributed by atoms with E-state index in [2.05, 4.69) is 65.6 Å². The maximum absolute atomic E-state index is 11.3. The highest BCUT2D eigenvalue weighted by molar-refractivity contribution is 14.0. The van der Waals surface area contributed by atoms with Gasteiger partial charge in [0.15, 0.2) is 5.96 Å². The monoisotopic (exact) mass is 543 g/mol. The molecule has 0 radical (unpaired) electrons. The Balaban J connectivity index is 0.00000480. The van der Waals surface area contributed by atoms with Crippen LogP contribution in [-0.2, 0) is 16.6 Å². The van der Waals surface area contributed by atoms with Crippen molar-refractivity contribution in [3.63, 3.8) is 0 Å². The number of aliphatic imine (C=N–C) groups is 1. The molecule has 1 aromatic rings. The molecule has 2 rings (SSSR count). The molecule has 1 amide bonds. The third kappa shape index (κ3) is 9.35. The number of nitrogens with one attached hydrogen (secondary N) is 2. The van der Waals surface area contributed by atoms with Crippen LogP contribution in [0.4, 0.5) is 0 Å². The van der Waals surface area contributed by atoms with Crippen LogP contribution in [0.15, 0.2) is 29.3 Å². The van der Waals surface area contributed by atoms with Crippen LogP contribution in [0.3, 0.4) is 0 Å². The van der Waals surface area contributed by atoms with Crippen molar-refractivity contribution in [1.82, 2.24) is 15.5 Å². The van der Waals surface area contributed by atoms with Crippen LogP contribution in [0, 0.1) is 5.92 Å². The van der Waals surface area contributed by atoms with Gasteiger partial charge in [0.25, 0.3) is 0 Å². The van der Waals surface area contributed by atoms with Gasteiger partial charge < -0.3 is 21.3 Å². The lowest BCUT2D eigenvalue weighted by Gasteiger charge is -2.30. The van der Waals surface area contributed by atoms with Gasteiger partial charge in [0.2, 0.25) is 5.91 Å². The molecule has 1 aliphatic heterocycles. The van der Waals surface area contributed by atoms with Gasteiger partial charge in [-0.15, -0.1) is 24.0 Å². The molecular formula is C24H42IN5O. The fraction of sp³-hybridized carbons (Fsp3) is 0.667. The molecule has 31 heavy (non-hydrogen) atoms. The van der Waals surface area contributed by atoms with Gasteiger partial charge in [0.1, 0.15) is 0 Å². The zero-order valence-electron chi connectivity index (χ0n) is 19.7. The van der Waals surface area contributed by atoms with E-state index in [0.717, 1.165) is 70.8 Å². The van der Waals surface area contributed by atoms with Gasteiger partial charge >= 0.3 is 0 Å². The van der Waals surface area contributed by atoms with Gasteiger partial charge in [0, 0.05) is 31.5 Å². The number of benzene rings is 1. The summed E-state index contributed by atoms with van der Waals surface area (Å²) in [6, 6.07) is 8.92. The Hall–Kier alpha value is -1.35. The first-order chi connectivity index (χ1) is 14.4. The highest BCUT2D eigenvalue weighted by Crippen LogP contribution is 2.22. The number of aryl methyl sites for hydroxylation is 1. The van der Waals surface area contributed by atoms with Gasteiger partial charge in [-0.25, -0.2) is 0 Å². The zero-order chi connectivity index (χ0) is 22.0. The first kappa shape index (κ1) is 27.7. The molecule has 0 aromatic heterocycles. The minimum Gasteiger partial charge on any atom is -0.369 e. The summed E-state index contributed by atoms with van der Waals surface area (Å²) in [5.74, 6) is 0.792. The molecule has 0 bridgehead atoms. The molecule has 1 fully saturated rings. The van der Waals surface area contributed by atoms with Crippen LogP contribution in [0.2, 0.25) is 0 Å². The fourth-order valence-corrected chi connectivity index (χ4v) is 3.93. The summed E-state index contributed by atoms with van der Waals surface area (Å²) >= 11 is 0. The van der Waals surface area contributed by atoms with E-state index in [0.29, 0.717) is 0 Å². The van der Waals surface area contributed by atoms with Crippen molar-refractivity contribution in [3.8, 4) is 0 Å². The van der Waals surface area contributed by atoms with E-state index in [9.17, 15) is 4.79 Å². The van der Waals surface area contributed by atoms with Gasteiger partial charge in [-0.1, -0.05) is 45.0 Å². The van der Waals surface area contributed by atoms with E-state index in [1.54, 1.807) is 0 Å². The number of hydrogen-bond donors (Lipinski definition) is 3. The molecule has 0 aliphatic carbocycles. The van der Waals surface area contributed by atoms with Gasteiger partial charge in [-0.2, -0.15) is 0 Å². The average molecular weight is 544 g/mol. The Morgan fingerprint density at radius 1 is 1.16 bits per heavy atom. The molecule has 1 aliphatic rings. The summed E-state index contributed by atoms with van der Waals surface area (Å²) in [6.45, 7) is 11.5. The van der Waals surface area contributed by atoms with Gasteiger partial charge in [-0.3, -0.25) is 9.79 Å². The molecule has 0 unspecified atom stereocenters. The number of hydrogen-bond acceptors (Lipinski definition) is 3. The van der Waals surface area contributed by atoms with Crippen molar-refractivity contribution >= 4 is 35.8 Å². The number of likely N-dealkylation sites (tertiary alicyclic amines) is 1. The van der Waals surface area contributed by atoms with E-state index in [1.165, 1.54) is 11.1 Å². The highest BCUT2D eigenvalue weighted by Gasteiger charge is 2.23. The summed E-state index contributed by atoms with van der Waals surface area (Å²) < 4.78 is 0. The first-order valence-corrected chi connectivity index (χ1v) is 11.4. The number of nitrogens with zero attached hydrogens (tertiary/aromatic N) is 2. The highest BCUT2D eigenvalue weighted by atomic mass is 127. The second kappa shape index (κ2) is 13.9. The molecule has 0 spiro atoms. The Labute approximate surface area is 205 Å². The molecule has 1 heterocycles. The normalized spacial score (nSPS) is 15.9. The van der Waals surface area contributed by atoms with Crippen molar-refractivity contribution in [2.24, 2.45) is 16.6 Å². The maximum atomic E-state index is 11.3. The Morgan fingerprint density at radius 3 is 2.35 bits per heavy atom. The van der Waals surface area contributed by atoms with Crippen molar-refractivity contribution in [3.05, 3.63) is 35.4 Å². The summed E-state index contributed by atoms with van der Waals surface area (Å²) in [4.78, 5) is 18.1. The third-order valence-electron chi connectivity index (χ3n) is 6.25. The molecule has 1 saturated heterocycles. The lowest BCUT2D eigenvalue weighted by atomic mass is 9.84. The number of nitrogens with two attached hydrogens (primary N) is 1. The van der Waals surface area contributed by atoms with Crippen LogP contribution >= 0.6 is 24.0 Å². The van der Waals surface area contributed by atoms with E-state index < -0.39 is 0 Å². The van der Waals surface area contributed by atoms with E-state index in [1.807, 2.05) is 7.05 Å². The summed E-state index contributed by atoms with van der Waals surface area (Å²) in [5.41, 5.74) is 8.14. The van der Waals surface area contributed by atoms with E-state index in [4.69, 9.17) is 5.73 Å². The Bertz CT molecular complexity index is 682. The smallest absolute Gasteiger partial charge is 0.220 e. The van der Waals surface area contributed by atoms with Gasteiger partial charge in [0.05, 0.1) is 0 Å². The van der Waals surface area contributed by atoms with E-state index in [-0.39, 0.29) is 41.2 Å². The maximum Gasteiger partial charge on any atom is 0.220 e. The van der Waals surface area contributed by atoms with Crippen LogP contribution in [-0.4, -0.2) is 56.5 Å². The first-order valence-electron chi connectivity index (χ1n) is 11.4. The predicted octanol–water partition coefficient (Wildman–Crippen LogP) is 3.29. The van der Waals surface area contributed by atoms with Gasteiger partial charge in [-0.05, 0) is 62.9 Å². The number of unbranched alkanes of at least 4 members (excludes halogenated alkanes) is 1. The zero-order valence-corrected chi connectivity index (χ0v) is 22.1. The second-order valence-electron chi connectivity index (χ2n) is 9.01. The largest absolute Gasteiger partial charge is 0.369 e. The van der Waals surface area contributed by atoms with Crippen molar-refractivity contribution in [2.45, 2.75) is 58.3 Å². The predicted molar refractivity (Wildman–Crippen MR) is 141 cm³/mol. The van der Waals surface area contributed by atoms with Crippen LogP contribution in [0.1, 0.15) is 57.6 Å². The molecule has 6 nitrogen and oxygen atoms in total. The minimum absolute atomic E-state index is 0. The Morgan fingerprint density at radius 2 is 1.81 bits per heavy atom.